The third-order valence-corrected chi connectivity index (χ3v) is 2.28. The first-order chi connectivity index (χ1) is 9.62. The molecule has 0 rings (SSSR count). The first-order valence-electron chi connectivity index (χ1n) is 5.27. The third kappa shape index (κ3) is 20.5. The van der Waals surface area contributed by atoms with E-state index in [1.807, 2.05) is 12.1 Å². The van der Waals surface area contributed by atoms with Crippen LogP contribution in [0.1, 0.15) is 0 Å². The van der Waals surface area contributed by atoms with Crippen molar-refractivity contribution >= 4 is 19.5 Å². The molecule has 118 valence electrons. The summed E-state index contributed by atoms with van der Waals surface area (Å²) >= 11 is 0. The van der Waals surface area contributed by atoms with E-state index in [-0.39, 0.29) is 13.1 Å². The molecule has 11 nitrogen and oxygen atoms in total. The maximum atomic E-state index is 10.5. The number of hydrogen-bond donors (Lipinski definition) is 5. The SMILES string of the molecule is N#CCNCC#N.O=C(O)CN(CC(=O)O)CP(=O)(O)O. The molecule has 0 aromatic heterocycles. The molecule has 0 aliphatic rings. The van der Waals surface area contributed by atoms with Crippen LogP contribution >= 0.6 is 7.60 Å². The standard InChI is InChI=1S/C5H10NO7P.C4H5N3/c7-4(8)1-6(2-5(9)10)3-14(11,12)13;5-1-3-7-4-2-6/h1-3H2,(H,7,8)(H,9,10)(H2,11,12,13);7H,3-4H2. The normalized spacial score (nSPS) is 9.95. The highest BCUT2D eigenvalue weighted by atomic mass is 31.2. The van der Waals surface area contributed by atoms with Gasteiger partial charge in [-0.15, -0.1) is 0 Å². The van der Waals surface area contributed by atoms with Gasteiger partial charge in [0.15, 0.2) is 0 Å². The lowest BCUT2D eigenvalue weighted by Crippen LogP contribution is -2.35. The molecule has 0 aliphatic heterocycles. The number of aliphatic carboxylic acids is 2. The van der Waals surface area contributed by atoms with E-state index in [1.165, 1.54) is 0 Å². The summed E-state index contributed by atoms with van der Waals surface area (Å²) in [5.74, 6) is -2.70. The molecule has 12 heteroatoms. The molecule has 0 aromatic rings. The molecule has 0 radical (unpaired) electrons. The molecule has 0 heterocycles. The number of hydrogen-bond acceptors (Lipinski definition) is 7. The van der Waals surface area contributed by atoms with Crippen LogP contribution in [0, 0.1) is 22.7 Å². The van der Waals surface area contributed by atoms with Crippen LogP contribution in [0.4, 0.5) is 0 Å². The van der Waals surface area contributed by atoms with Gasteiger partial charge in [-0.25, -0.2) is 0 Å². The van der Waals surface area contributed by atoms with E-state index in [0.29, 0.717) is 4.90 Å². The van der Waals surface area contributed by atoms with Crippen molar-refractivity contribution in [3.63, 3.8) is 0 Å². The Bertz CT molecular complexity index is 434. The Labute approximate surface area is 120 Å². The van der Waals surface area contributed by atoms with Crippen LogP contribution in [-0.4, -0.2) is 69.3 Å². The van der Waals surface area contributed by atoms with E-state index < -0.39 is 38.9 Å². The van der Waals surface area contributed by atoms with Crippen molar-refractivity contribution in [2.24, 2.45) is 0 Å². The topological polar surface area (TPSA) is 195 Å². The zero-order chi connectivity index (χ0) is 16.9. The molecular formula is C9H15N4O7P. The highest BCUT2D eigenvalue weighted by Gasteiger charge is 2.22. The molecule has 0 atom stereocenters. The average Bonchev–Trinajstić information content (AvgIpc) is 2.26. The first-order valence-corrected chi connectivity index (χ1v) is 7.07. The summed E-state index contributed by atoms with van der Waals surface area (Å²) in [6.07, 6.45) is -0.883. The Balaban J connectivity index is 0. The molecule has 0 fully saturated rings. The average molecular weight is 322 g/mol. The fraction of sp³-hybridized carbons (Fsp3) is 0.556. The van der Waals surface area contributed by atoms with Gasteiger partial charge in [-0.3, -0.25) is 24.4 Å². The first kappa shape index (κ1) is 21.3. The van der Waals surface area contributed by atoms with Gasteiger partial charge in [0.05, 0.1) is 38.3 Å². The Hall–Kier alpha value is -2.01. The number of carboxylic acids is 2. The van der Waals surface area contributed by atoms with Gasteiger partial charge in [0.2, 0.25) is 0 Å². The van der Waals surface area contributed by atoms with E-state index in [0.717, 1.165) is 0 Å². The minimum atomic E-state index is -4.44. The highest BCUT2D eigenvalue weighted by molar-refractivity contribution is 7.51. The van der Waals surface area contributed by atoms with Crippen LogP contribution in [0.2, 0.25) is 0 Å². The molecule has 0 bridgehead atoms. The molecule has 0 amide bonds. The molecule has 5 N–H and O–H groups in total. The van der Waals surface area contributed by atoms with Gasteiger partial charge in [-0.05, 0) is 0 Å². The predicted octanol–water partition coefficient (Wildman–Crippen LogP) is -1.78. The zero-order valence-electron chi connectivity index (χ0n) is 10.8. The number of nitrogens with one attached hydrogen (secondary N) is 1. The molecule has 21 heavy (non-hydrogen) atoms. The molecular weight excluding hydrogens is 307 g/mol. The van der Waals surface area contributed by atoms with E-state index in [2.05, 4.69) is 5.32 Å². The predicted molar refractivity (Wildman–Crippen MR) is 67.9 cm³/mol. The van der Waals surface area contributed by atoms with Crippen molar-refractivity contribution in [3.8, 4) is 12.1 Å². The van der Waals surface area contributed by atoms with Gasteiger partial charge in [0.25, 0.3) is 0 Å². The molecule has 0 aromatic carbocycles. The van der Waals surface area contributed by atoms with Gasteiger partial charge >= 0.3 is 19.5 Å². The quantitative estimate of drug-likeness (QED) is 0.192. The summed E-state index contributed by atoms with van der Waals surface area (Å²) in [4.78, 5) is 38.0. The Kier molecular flexibility index (Phi) is 12.0. The van der Waals surface area contributed by atoms with Gasteiger partial charge < -0.3 is 20.0 Å². The van der Waals surface area contributed by atoms with Crippen LogP contribution in [0.15, 0.2) is 0 Å². The lowest BCUT2D eigenvalue weighted by atomic mass is 10.5. The van der Waals surface area contributed by atoms with Crippen LogP contribution in [-0.2, 0) is 14.2 Å². The number of carbonyl (C=O) groups is 2. The summed E-state index contributed by atoms with van der Waals surface area (Å²) in [7, 11) is -4.44. The van der Waals surface area contributed by atoms with Gasteiger partial charge in [0, 0.05) is 0 Å². The molecule has 0 aliphatic carbocycles. The smallest absolute Gasteiger partial charge is 0.339 e. The lowest BCUT2D eigenvalue weighted by Gasteiger charge is -2.17. The summed E-state index contributed by atoms with van der Waals surface area (Å²) in [6, 6.07) is 3.68. The number of nitriles is 2. The van der Waals surface area contributed by atoms with Crippen molar-refractivity contribution in [2.45, 2.75) is 0 Å². The fourth-order valence-electron chi connectivity index (χ4n) is 0.973. The highest BCUT2D eigenvalue weighted by Crippen LogP contribution is 2.34. The second-order valence-corrected chi connectivity index (χ2v) is 5.11. The minimum absolute atomic E-state index is 0.258. The second-order valence-electron chi connectivity index (χ2n) is 3.50. The van der Waals surface area contributed by atoms with Gasteiger partial charge in [-0.2, -0.15) is 10.5 Å². The van der Waals surface area contributed by atoms with Gasteiger partial charge in [0.1, 0.15) is 6.29 Å². The van der Waals surface area contributed by atoms with E-state index in [9.17, 15) is 14.2 Å². The van der Waals surface area contributed by atoms with E-state index >= 15 is 0 Å². The van der Waals surface area contributed by atoms with Gasteiger partial charge in [-0.1, -0.05) is 0 Å². The maximum Gasteiger partial charge on any atom is 0.339 e. The van der Waals surface area contributed by atoms with Crippen molar-refractivity contribution in [3.05, 3.63) is 0 Å². The van der Waals surface area contributed by atoms with Crippen molar-refractivity contribution in [1.29, 1.82) is 10.5 Å². The fourth-order valence-corrected chi connectivity index (χ4v) is 1.69. The summed E-state index contributed by atoms with van der Waals surface area (Å²) < 4.78 is 10.5. The Morgan fingerprint density at radius 2 is 1.43 bits per heavy atom. The molecule has 0 unspecified atom stereocenters. The molecule has 0 saturated carbocycles. The van der Waals surface area contributed by atoms with Crippen molar-refractivity contribution in [2.75, 3.05) is 32.5 Å². The number of carboxylic acid groups (broad SMARTS) is 2. The Morgan fingerprint density at radius 1 is 1.05 bits per heavy atom. The van der Waals surface area contributed by atoms with Crippen LogP contribution in [0.5, 0.6) is 0 Å². The summed E-state index contributed by atoms with van der Waals surface area (Å²) in [5, 5.41) is 34.9. The molecule has 0 spiro atoms. The van der Waals surface area contributed by atoms with Crippen molar-refractivity contribution < 1.29 is 34.2 Å². The third-order valence-electron chi connectivity index (χ3n) is 1.51. The monoisotopic (exact) mass is 322 g/mol. The number of rotatable bonds is 8. The minimum Gasteiger partial charge on any atom is -0.480 e. The van der Waals surface area contributed by atoms with Crippen LogP contribution in [0.3, 0.4) is 0 Å². The van der Waals surface area contributed by atoms with Crippen molar-refractivity contribution in [1.82, 2.24) is 10.2 Å². The second kappa shape index (κ2) is 11.8. The van der Waals surface area contributed by atoms with E-state index in [1.54, 1.807) is 0 Å². The largest absolute Gasteiger partial charge is 0.480 e. The zero-order valence-corrected chi connectivity index (χ0v) is 11.7. The van der Waals surface area contributed by atoms with E-state index in [4.69, 9.17) is 30.5 Å². The number of nitrogens with zero attached hydrogens (tertiary/aromatic N) is 3. The molecule has 0 saturated heterocycles. The summed E-state index contributed by atoms with van der Waals surface area (Å²) in [6.45, 7) is -0.935. The summed E-state index contributed by atoms with van der Waals surface area (Å²) in [5.41, 5.74) is 0. The van der Waals surface area contributed by atoms with Crippen LogP contribution in [0.25, 0.3) is 0 Å². The van der Waals surface area contributed by atoms with Crippen LogP contribution < -0.4 is 5.32 Å². The maximum absolute atomic E-state index is 10.5. The Morgan fingerprint density at radius 3 is 1.67 bits per heavy atom. The lowest BCUT2D eigenvalue weighted by molar-refractivity contribution is -0.141.